The first kappa shape index (κ1) is 12.6. The Labute approximate surface area is 106 Å². The molecule has 1 unspecified atom stereocenters. The second kappa shape index (κ2) is 6.18. The lowest BCUT2D eigenvalue weighted by atomic mass is 10.2. The summed E-state index contributed by atoms with van der Waals surface area (Å²) in [4.78, 5) is 8.44. The molecule has 1 saturated heterocycles. The number of nitrogens with one attached hydrogen (secondary N) is 1. The topological polar surface area (TPSA) is 73.1 Å². The predicted molar refractivity (Wildman–Crippen MR) is 68.9 cm³/mol. The van der Waals surface area contributed by atoms with Crippen LogP contribution in [0, 0.1) is 0 Å². The van der Waals surface area contributed by atoms with Gasteiger partial charge in [-0.3, -0.25) is 0 Å². The maximum atomic E-state index is 5.60. The van der Waals surface area contributed by atoms with Crippen LogP contribution in [0.1, 0.15) is 25.3 Å². The summed E-state index contributed by atoms with van der Waals surface area (Å²) >= 11 is 1.73. The van der Waals surface area contributed by atoms with Crippen LogP contribution < -0.4 is 11.3 Å². The third-order valence-electron chi connectivity index (χ3n) is 2.83. The fraction of sp³-hybridized carbons (Fsp3) is 0.636. The lowest BCUT2D eigenvalue weighted by Gasteiger charge is -2.12. The summed E-state index contributed by atoms with van der Waals surface area (Å²) in [6.45, 7) is 2.97. The summed E-state index contributed by atoms with van der Waals surface area (Å²) in [5, 5.41) is 1.01. The first-order valence-corrected chi connectivity index (χ1v) is 6.88. The summed E-state index contributed by atoms with van der Waals surface area (Å²) in [5.41, 5.74) is 3.70. The smallest absolute Gasteiger partial charge is 0.147 e. The lowest BCUT2D eigenvalue weighted by Crippen LogP contribution is -2.13. The number of hydrogen-bond donors (Lipinski definition) is 2. The molecule has 0 amide bonds. The molecule has 5 nitrogen and oxygen atoms in total. The van der Waals surface area contributed by atoms with E-state index in [4.69, 9.17) is 10.6 Å². The van der Waals surface area contributed by atoms with Crippen molar-refractivity contribution in [2.75, 3.05) is 17.8 Å². The zero-order valence-corrected chi connectivity index (χ0v) is 10.8. The summed E-state index contributed by atoms with van der Waals surface area (Å²) in [6.07, 6.45) is 5.11. The molecule has 0 radical (unpaired) electrons. The number of rotatable bonds is 5. The fourth-order valence-electron chi connectivity index (χ4n) is 1.91. The number of hydrogen-bond acceptors (Lipinski definition) is 6. The number of nitrogens with two attached hydrogens (primary N) is 1. The maximum Gasteiger partial charge on any atom is 0.147 e. The molecule has 0 saturated carbocycles. The predicted octanol–water partition coefficient (Wildman–Crippen LogP) is 1.60. The van der Waals surface area contributed by atoms with E-state index in [0.29, 0.717) is 6.10 Å². The van der Waals surface area contributed by atoms with Crippen LogP contribution in [-0.2, 0) is 11.2 Å². The van der Waals surface area contributed by atoms with Gasteiger partial charge in [0.15, 0.2) is 0 Å². The Morgan fingerprint density at radius 3 is 3.12 bits per heavy atom. The van der Waals surface area contributed by atoms with Crippen molar-refractivity contribution in [3.8, 4) is 0 Å². The molecule has 0 aliphatic carbocycles. The van der Waals surface area contributed by atoms with Gasteiger partial charge in [0.1, 0.15) is 17.2 Å². The lowest BCUT2D eigenvalue weighted by molar-refractivity contribution is 0.129. The number of nitrogen functional groups attached to an aromatic ring is 1. The van der Waals surface area contributed by atoms with E-state index in [-0.39, 0.29) is 0 Å². The molecule has 1 aliphatic heterocycles. The van der Waals surface area contributed by atoms with Gasteiger partial charge in [0, 0.05) is 17.9 Å². The first-order chi connectivity index (χ1) is 8.35. The van der Waals surface area contributed by atoms with Gasteiger partial charge in [-0.1, -0.05) is 6.92 Å². The molecule has 0 bridgehead atoms. The number of aromatic nitrogens is 2. The number of hydrazine groups is 1. The molecule has 1 fully saturated rings. The first-order valence-electron chi connectivity index (χ1n) is 5.90. The van der Waals surface area contributed by atoms with Crippen LogP contribution in [0.5, 0.6) is 0 Å². The standard InChI is InChI=1S/C11H18N4OS/c1-2-9-10(15-12)13-7-14-11(9)17-6-8-4-3-5-16-8/h7-8H,2-6,12H2,1H3,(H,13,14,15). The zero-order valence-electron chi connectivity index (χ0n) is 9.98. The Morgan fingerprint density at radius 2 is 2.47 bits per heavy atom. The second-order valence-electron chi connectivity index (χ2n) is 3.95. The molecular formula is C11H18N4OS. The minimum atomic E-state index is 0.369. The van der Waals surface area contributed by atoms with Gasteiger partial charge in [0.2, 0.25) is 0 Å². The van der Waals surface area contributed by atoms with Crippen LogP contribution in [0.2, 0.25) is 0 Å². The van der Waals surface area contributed by atoms with Gasteiger partial charge in [-0.05, 0) is 19.3 Å². The van der Waals surface area contributed by atoms with E-state index in [0.717, 1.165) is 41.6 Å². The van der Waals surface area contributed by atoms with E-state index >= 15 is 0 Å². The number of thioether (sulfide) groups is 1. The van der Waals surface area contributed by atoms with Crippen molar-refractivity contribution in [3.05, 3.63) is 11.9 Å². The Balaban J connectivity index is 2.03. The fourth-order valence-corrected chi connectivity index (χ4v) is 3.05. The number of anilines is 1. The quantitative estimate of drug-likeness (QED) is 0.360. The van der Waals surface area contributed by atoms with Crippen molar-refractivity contribution >= 4 is 17.6 Å². The highest BCUT2D eigenvalue weighted by Gasteiger charge is 2.17. The second-order valence-corrected chi connectivity index (χ2v) is 4.96. The third-order valence-corrected chi connectivity index (χ3v) is 3.99. The van der Waals surface area contributed by atoms with E-state index < -0.39 is 0 Å². The van der Waals surface area contributed by atoms with E-state index in [1.807, 2.05) is 0 Å². The van der Waals surface area contributed by atoms with Crippen LogP contribution >= 0.6 is 11.8 Å². The van der Waals surface area contributed by atoms with E-state index in [9.17, 15) is 0 Å². The molecule has 6 heteroatoms. The minimum Gasteiger partial charge on any atom is -0.377 e. The zero-order chi connectivity index (χ0) is 12.1. The molecule has 1 aromatic heterocycles. The Hall–Kier alpha value is -0.850. The van der Waals surface area contributed by atoms with Crippen LogP contribution in [0.3, 0.4) is 0 Å². The van der Waals surface area contributed by atoms with Crippen molar-refractivity contribution in [1.29, 1.82) is 0 Å². The Morgan fingerprint density at radius 1 is 1.59 bits per heavy atom. The van der Waals surface area contributed by atoms with E-state index in [1.54, 1.807) is 18.1 Å². The highest BCUT2D eigenvalue weighted by molar-refractivity contribution is 7.99. The summed E-state index contributed by atoms with van der Waals surface area (Å²) in [7, 11) is 0. The molecule has 2 heterocycles. The minimum absolute atomic E-state index is 0.369. The molecule has 0 spiro atoms. The number of ether oxygens (including phenoxy) is 1. The van der Waals surface area contributed by atoms with Crippen molar-refractivity contribution in [1.82, 2.24) is 9.97 Å². The molecule has 1 aliphatic rings. The van der Waals surface area contributed by atoms with E-state index in [2.05, 4.69) is 22.3 Å². The van der Waals surface area contributed by atoms with E-state index in [1.165, 1.54) is 6.42 Å². The molecular weight excluding hydrogens is 236 g/mol. The van der Waals surface area contributed by atoms with Crippen molar-refractivity contribution in [3.63, 3.8) is 0 Å². The van der Waals surface area contributed by atoms with Crippen molar-refractivity contribution in [2.45, 2.75) is 37.3 Å². The summed E-state index contributed by atoms with van der Waals surface area (Å²) < 4.78 is 5.60. The molecule has 94 valence electrons. The van der Waals surface area contributed by atoms with Crippen LogP contribution in [-0.4, -0.2) is 28.4 Å². The van der Waals surface area contributed by atoms with Gasteiger partial charge in [0.25, 0.3) is 0 Å². The Bertz CT molecular complexity index is 368. The van der Waals surface area contributed by atoms with Gasteiger partial charge in [0.05, 0.1) is 6.10 Å². The van der Waals surface area contributed by atoms with Crippen molar-refractivity contribution in [2.24, 2.45) is 5.84 Å². The van der Waals surface area contributed by atoms with Gasteiger partial charge in [-0.2, -0.15) is 0 Å². The summed E-state index contributed by atoms with van der Waals surface area (Å²) in [5.74, 6) is 7.11. The molecule has 0 aromatic carbocycles. The highest BCUT2D eigenvalue weighted by atomic mass is 32.2. The molecule has 1 atom stereocenters. The van der Waals surface area contributed by atoms with Gasteiger partial charge in [-0.25, -0.2) is 15.8 Å². The Kier molecular flexibility index (Phi) is 4.58. The van der Waals surface area contributed by atoms with Gasteiger partial charge < -0.3 is 10.2 Å². The number of nitrogens with zero attached hydrogens (tertiary/aromatic N) is 2. The molecule has 2 rings (SSSR count). The molecule has 1 aromatic rings. The molecule has 17 heavy (non-hydrogen) atoms. The van der Waals surface area contributed by atoms with Crippen LogP contribution in [0.4, 0.5) is 5.82 Å². The third kappa shape index (κ3) is 3.08. The monoisotopic (exact) mass is 254 g/mol. The normalized spacial score (nSPS) is 19.5. The molecule has 3 N–H and O–H groups in total. The maximum absolute atomic E-state index is 5.60. The average Bonchev–Trinajstić information content (AvgIpc) is 2.88. The largest absolute Gasteiger partial charge is 0.377 e. The average molecular weight is 254 g/mol. The summed E-state index contributed by atoms with van der Waals surface area (Å²) in [6, 6.07) is 0. The van der Waals surface area contributed by atoms with Gasteiger partial charge in [-0.15, -0.1) is 11.8 Å². The van der Waals surface area contributed by atoms with Crippen LogP contribution in [0.25, 0.3) is 0 Å². The van der Waals surface area contributed by atoms with Crippen LogP contribution in [0.15, 0.2) is 11.4 Å². The SMILES string of the molecule is CCc1c(NN)ncnc1SCC1CCCO1. The van der Waals surface area contributed by atoms with Crippen molar-refractivity contribution < 1.29 is 4.74 Å². The van der Waals surface area contributed by atoms with Gasteiger partial charge >= 0.3 is 0 Å². The highest BCUT2D eigenvalue weighted by Crippen LogP contribution is 2.27.